The first-order chi connectivity index (χ1) is 15.9. The number of nitrogens with one attached hydrogen (secondary N) is 1. The molecule has 0 fully saturated rings. The lowest BCUT2D eigenvalue weighted by atomic mass is 10.1. The maximum Gasteiger partial charge on any atom is 0.264 e. The fourth-order valence-electron chi connectivity index (χ4n) is 3.69. The van der Waals surface area contributed by atoms with E-state index < -0.39 is 15.9 Å². The maximum absolute atomic E-state index is 13.5. The summed E-state index contributed by atoms with van der Waals surface area (Å²) in [6.45, 7) is 4.28. The number of nitrogens with zero attached hydrogens (tertiary/aromatic N) is 1. The number of aryl methyl sites for hydroxylation is 1. The van der Waals surface area contributed by atoms with Gasteiger partial charge in [-0.15, -0.1) is 0 Å². The molecule has 0 spiro atoms. The fraction of sp³-hybridized carbons (Fsp3) is 0.240. The summed E-state index contributed by atoms with van der Waals surface area (Å²) in [6, 6.07) is 20.4. The van der Waals surface area contributed by atoms with Crippen LogP contribution in [0.15, 0.2) is 77.7 Å². The first kappa shape index (κ1) is 22.7. The molecule has 3 aromatic carbocycles. The summed E-state index contributed by atoms with van der Waals surface area (Å²) in [5, 5.41) is 2.90. The third-order valence-corrected chi connectivity index (χ3v) is 7.22. The second-order valence-electron chi connectivity index (χ2n) is 7.80. The summed E-state index contributed by atoms with van der Waals surface area (Å²) in [5.74, 6) is 0.886. The Morgan fingerprint density at radius 3 is 2.36 bits per heavy atom. The summed E-state index contributed by atoms with van der Waals surface area (Å²) in [5.41, 5.74) is 2.05. The number of anilines is 1. The van der Waals surface area contributed by atoms with E-state index in [4.69, 9.17) is 9.47 Å². The van der Waals surface area contributed by atoms with Crippen molar-refractivity contribution in [3.63, 3.8) is 0 Å². The number of benzene rings is 3. The van der Waals surface area contributed by atoms with Crippen molar-refractivity contribution in [2.75, 3.05) is 24.1 Å². The number of rotatable bonds is 7. The van der Waals surface area contributed by atoms with Crippen LogP contribution in [-0.2, 0) is 14.8 Å². The van der Waals surface area contributed by atoms with E-state index in [1.54, 1.807) is 30.3 Å². The van der Waals surface area contributed by atoms with Crippen molar-refractivity contribution in [1.82, 2.24) is 5.32 Å². The van der Waals surface area contributed by atoms with Gasteiger partial charge in [0.05, 0.1) is 16.6 Å². The van der Waals surface area contributed by atoms with E-state index in [2.05, 4.69) is 5.32 Å². The van der Waals surface area contributed by atoms with Crippen molar-refractivity contribution in [3.8, 4) is 11.5 Å². The third-order valence-electron chi connectivity index (χ3n) is 5.45. The second kappa shape index (κ2) is 9.54. The van der Waals surface area contributed by atoms with E-state index in [0.717, 1.165) is 15.4 Å². The Balaban J connectivity index is 1.57. The second-order valence-corrected chi connectivity index (χ2v) is 9.67. The Labute approximate surface area is 194 Å². The number of para-hydroxylation sites is 1. The minimum Gasteiger partial charge on any atom is -0.486 e. The van der Waals surface area contributed by atoms with Crippen LogP contribution >= 0.6 is 0 Å². The molecule has 0 aliphatic carbocycles. The van der Waals surface area contributed by atoms with Crippen LogP contribution < -0.4 is 19.1 Å². The predicted molar refractivity (Wildman–Crippen MR) is 126 cm³/mol. The molecule has 33 heavy (non-hydrogen) atoms. The van der Waals surface area contributed by atoms with Crippen molar-refractivity contribution in [1.29, 1.82) is 0 Å². The molecule has 3 aromatic rings. The molecule has 7 nitrogen and oxygen atoms in total. The van der Waals surface area contributed by atoms with Crippen LogP contribution in [-0.4, -0.2) is 34.1 Å². The zero-order chi connectivity index (χ0) is 23.4. The zero-order valence-electron chi connectivity index (χ0n) is 18.5. The molecule has 0 unspecified atom stereocenters. The summed E-state index contributed by atoms with van der Waals surface area (Å²) < 4.78 is 39.2. The number of ether oxygens (including phenoxy) is 2. The third kappa shape index (κ3) is 4.96. The Kier molecular flexibility index (Phi) is 6.55. The van der Waals surface area contributed by atoms with Crippen molar-refractivity contribution in [2.24, 2.45) is 0 Å². The van der Waals surface area contributed by atoms with E-state index >= 15 is 0 Å². The summed E-state index contributed by atoms with van der Waals surface area (Å²) in [4.78, 5) is 13.1. The van der Waals surface area contributed by atoms with Gasteiger partial charge in [0.25, 0.3) is 10.0 Å². The quantitative estimate of drug-likeness (QED) is 0.572. The smallest absolute Gasteiger partial charge is 0.264 e. The normalized spacial score (nSPS) is 13.8. The largest absolute Gasteiger partial charge is 0.486 e. The maximum atomic E-state index is 13.5. The topological polar surface area (TPSA) is 84.9 Å². The van der Waals surface area contributed by atoms with E-state index in [-0.39, 0.29) is 17.5 Å². The first-order valence-electron chi connectivity index (χ1n) is 10.7. The number of hydrogen-bond acceptors (Lipinski definition) is 5. The predicted octanol–water partition coefficient (Wildman–Crippen LogP) is 3.84. The highest BCUT2D eigenvalue weighted by Gasteiger charge is 2.28. The van der Waals surface area contributed by atoms with E-state index in [1.165, 1.54) is 12.1 Å². The average Bonchev–Trinajstić information content (AvgIpc) is 2.83. The Morgan fingerprint density at radius 1 is 0.970 bits per heavy atom. The molecule has 1 amide bonds. The molecule has 0 bridgehead atoms. The minimum atomic E-state index is -3.95. The van der Waals surface area contributed by atoms with Gasteiger partial charge in [-0.25, -0.2) is 8.42 Å². The molecule has 1 aliphatic rings. The summed E-state index contributed by atoms with van der Waals surface area (Å²) in [7, 11) is -3.95. The lowest BCUT2D eigenvalue weighted by Crippen LogP contribution is -2.41. The van der Waals surface area contributed by atoms with Gasteiger partial charge in [0.15, 0.2) is 11.5 Å². The van der Waals surface area contributed by atoms with Crippen molar-refractivity contribution in [3.05, 3.63) is 83.9 Å². The van der Waals surface area contributed by atoms with Crippen LogP contribution in [0.2, 0.25) is 0 Å². The molecule has 0 radical (unpaired) electrons. The van der Waals surface area contributed by atoms with Crippen molar-refractivity contribution < 1.29 is 22.7 Å². The molecule has 1 atom stereocenters. The highest BCUT2D eigenvalue weighted by atomic mass is 32.2. The molecule has 0 saturated carbocycles. The summed E-state index contributed by atoms with van der Waals surface area (Å²) in [6.07, 6.45) is 0. The van der Waals surface area contributed by atoms with Crippen LogP contribution in [0.1, 0.15) is 24.1 Å². The van der Waals surface area contributed by atoms with Gasteiger partial charge < -0.3 is 14.8 Å². The fourth-order valence-corrected chi connectivity index (χ4v) is 5.20. The van der Waals surface area contributed by atoms with Gasteiger partial charge in [-0.1, -0.05) is 42.5 Å². The van der Waals surface area contributed by atoms with Crippen LogP contribution in [0, 0.1) is 6.92 Å². The van der Waals surface area contributed by atoms with Gasteiger partial charge in [-0.05, 0) is 55.3 Å². The van der Waals surface area contributed by atoms with Gasteiger partial charge in [-0.2, -0.15) is 0 Å². The lowest BCUT2D eigenvalue weighted by molar-refractivity contribution is -0.120. The van der Waals surface area contributed by atoms with Crippen LogP contribution in [0.25, 0.3) is 0 Å². The first-order valence-corrected chi connectivity index (χ1v) is 12.1. The van der Waals surface area contributed by atoms with Gasteiger partial charge in [0.2, 0.25) is 5.91 Å². The standard InChI is InChI=1S/C25H26N2O5S/c1-18-8-6-7-11-22(18)27(33(29,30)21-9-4-3-5-10-21)17-25(28)26-19(2)20-12-13-23-24(16-20)32-15-14-31-23/h3-13,16,19H,14-15,17H2,1-2H3,(H,26,28)/t19-/m1/s1. The van der Waals surface area contributed by atoms with Gasteiger partial charge in [0.1, 0.15) is 19.8 Å². The zero-order valence-corrected chi connectivity index (χ0v) is 19.3. The number of amides is 1. The number of hydrogen-bond donors (Lipinski definition) is 1. The number of fused-ring (bicyclic) bond motifs is 1. The molecule has 0 saturated heterocycles. The van der Waals surface area contributed by atoms with Gasteiger partial charge in [-0.3, -0.25) is 9.10 Å². The van der Waals surface area contributed by atoms with E-state index in [1.807, 2.05) is 44.2 Å². The van der Waals surface area contributed by atoms with Gasteiger partial charge in [0, 0.05) is 0 Å². The van der Waals surface area contributed by atoms with Crippen molar-refractivity contribution in [2.45, 2.75) is 24.8 Å². The Morgan fingerprint density at radius 2 is 1.64 bits per heavy atom. The van der Waals surface area contributed by atoms with Crippen molar-refractivity contribution >= 4 is 21.6 Å². The Bertz CT molecular complexity index is 1240. The molecule has 0 aromatic heterocycles. The molecular formula is C25H26N2O5S. The molecule has 1 heterocycles. The minimum absolute atomic E-state index is 0.126. The molecule has 1 aliphatic heterocycles. The SMILES string of the molecule is Cc1ccccc1N(CC(=O)N[C@H](C)c1ccc2c(c1)OCCO2)S(=O)(=O)c1ccccc1. The lowest BCUT2D eigenvalue weighted by Gasteiger charge is -2.26. The highest BCUT2D eigenvalue weighted by molar-refractivity contribution is 7.92. The monoisotopic (exact) mass is 466 g/mol. The summed E-state index contributed by atoms with van der Waals surface area (Å²) >= 11 is 0. The molecule has 4 rings (SSSR count). The van der Waals surface area contributed by atoms with Crippen LogP contribution in [0.4, 0.5) is 5.69 Å². The molecule has 172 valence electrons. The van der Waals surface area contributed by atoms with Crippen LogP contribution in [0.3, 0.4) is 0 Å². The highest BCUT2D eigenvalue weighted by Crippen LogP contribution is 2.32. The molecule has 8 heteroatoms. The van der Waals surface area contributed by atoms with E-state index in [9.17, 15) is 13.2 Å². The van der Waals surface area contributed by atoms with E-state index in [0.29, 0.717) is 30.4 Å². The number of carbonyl (C=O) groups excluding carboxylic acids is 1. The van der Waals surface area contributed by atoms with Crippen LogP contribution in [0.5, 0.6) is 11.5 Å². The Hall–Kier alpha value is -3.52. The number of sulfonamides is 1. The number of carbonyl (C=O) groups is 1. The molecular weight excluding hydrogens is 440 g/mol. The molecule has 1 N–H and O–H groups in total. The average molecular weight is 467 g/mol. The van der Waals surface area contributed by atoms with Gasteiger partial charge >= 0.3 is 0 Å².